The van der Waals surface area contributed by atoms with E-state index in [-0.39, 0.29) is 12.1 Å². The average Bonchev–Trinajstić information content (AvgIpc) is 2.53. The Morgan fingerprint density at radius 2 is 2.54 bits per heavy atom. The van der Waals surface area contributed by atoms with Crippen molar-refractivity contribution in [1.82, 2.24) is 5.48 Å². The van der Waals surface area contributed by atoms with Crippen molar-refractivity contribution in [1.29, 1.82) is 0 Å². The minimum absolute atomic E-state index is 0.159. The van der Waals surface area contributed by atoms with Gasteiger partial charge in [0.1, 0.15) is 11.3 Å². The average molecular weight is 185 g/mol. The van der Waals surface area contributed by atoms with E-state index in [0.29, 0.717) is 12.4 Å². The third-order valence-corrected chi connectivity index (χ3v) is 1.45. The zero-order valence-electron chi connectivity index (χ0n) is 7.24. The van der Waals surface area contributed by atoms with Gasteiger partial charge in [-0.15, -0.1) is 0 Å². The molecule has 0 aliphatic rings. The molecule has 0 aliphatic carbocycles. The van der Waals surface area contributed by atoms with E-state index in [2.05, 4.69) is 5.48 Å². The van der Waals surface area contributed by atoms with Crippen LogP contribution >= 0.6 is 0 Å². The summed E-state index contributed by atoms with van der Waals surface area (Å²) in [5, 5.41) is 8.68. The lowest BCUT2D eigenvalue weighted by atomic mass is 10.2. The van der Waals surface area contributed by atoms with E-state index in [9.17, 15) is 4.79 Å². The van der Waals surface area contributed by atoms with Crippen LogP contribution in [0.1, 0.15) is 23.0 Å². The van der Waals surface area contributed by atoms with Gasteiger partial charge in [-0.3, -0.25) is 0 Å². The molecule has 0 spiro atoms. The van der Waals surface area contributed by atoms with Crippen molar-refractivity contribution in [2.75, 3.05) is 6.61 Å². The Morgan fingerprint density at radius 3 is 3.15 bits per heavy atom. The van der Waals surface area contributed by atoms with Crippen LogP contribution in [0.4, 0.5) is 0 Å². The molecule has 0 unspecified atom stereocenters. The van der Waals surface area contributed by atoms with Crippen molar-refractivity contribution in [2.24, 2.45) is 0 Å². The molecule has 0 aliphatic heterocycles. The predicted octanol–water partition coefficient (Wildman–Crippen LogP) is 1.02. The molecule has 1 aromatic rings. The number of furan rings is 1. The van der Waals surface area contributed by atoms with Crippen LogP contribution in [0.25, 0.3) is 0 Å². The Labute approximate surface area is 75.3 Å². The maximum absolute atomic E-state index is 10.6. The molecular formula is C8H11NO4. The predicted molar refractivity (Wildman–Crippen MR) is 44.1 cm³/mol. The van der Waals surface area contributed by atoms with Gasteiger partial charge in [-0.1, -0.05) is 0 Å². The number of hydrogen-bond acceptors (Lipinski definition) is 4. The molecule has 0 saturated heterocycles. The minimum atomic E-state index is -0.998. The first-order chi connectivity index (χ1) is 6.25. The molecule has 2 N–H and O–H groups in total. The summed E-state index contributed by atoms with van der Waals surface area (Å²) in [6.45, 7) is 2.60. The Bertz CT molecular complexity index is 281. The van der Waals surface area contributed by atoms with Crippen LogP contribution in [0, 0.1) is 0 Å². The summed E-state index contributed by atoms with van der Waals surface area (Å²) in [4.78, 5) is 15.4. The Balaban J connectivity index is 2.55. The Morgan fingerprint density at radius 1 is 1.77 bits per heavy atom. The van der Waals surface area contributed by atoms with E-state index in [1.165, 1.54) is 12.3 Å². The molecule has 0 atom stereocenters. The van der Waals surface area contributed by atoms with Crippen molar-refractivity contribution in [2.45, 2.75) is 13.5 Å². The van der Waals surface area contributed by atoms with Crippen molar-refractivity contribution in [3.05, 3.63) is 23.7 Å². The van der Waals surface area contributed by atoms with Crippen LogP contribution in [-0.4, -0.2) is 17.7 Å². The lowest BCUT2D eigenvalue weighted by Crippen LogP contribution is -2.15. The molecule has 1 aromatic heterocycles. The lowest BCUT2D eigenvalue weighted by Gasteiger charge is -2.01. The quantitative estimate of drug-likeness (QED) is 0.529. The van der Waals surface area contributed by atoms with Crippen LogP contribution in [0.3, 0.4) is 0 Å². The Hall–Kier alpha value is -1.33. The third kappa shape index (κ3) is 2.57. The van der Waals surface area contributed by atoms with Gasteiger partial charge in [0.15, 0.2) is 0 Å². The second-order valence-corrected chi connectivity index (χ2v) is 2.32. The van der Waals surface area contributed by atoms with E-state index < -0.39 is 5.97 Å². The monoisotopic (exact) mass is 185 g/mol. The first kappa shape index (κ1) is 9.76. The van der Waals surface area contributed by atoms with Gasteiger partial charge in [-0.2, -0.15) is 5.48 Å². The fourth-order valence-corrected chi connectivity index (χ4v) is 0.887. The molecule has 72 valence electrons. The standard InChI is InChI=1S/C8H11NO4/c1-2-13-9-5-7-6(8(10)11)3-4-12-7/h3-4,9H,2,5H2,1H3,(H,10,11). The smallest absolute Gasteiger partial charge is 0.339 e. The molecule has 5 heteroatoms. The van der Waals surface area contributed by atoms with Crippen molar-refractivity contribution in [3.8, 4) is 0 Å². The van der Waals surface area contributed by atoms with Gasteiger partial charge in [-0.05, 0) is 13.0 Å². The summed E-state index contributed by atoms with van der Waals surface area (Å²) in [5.74, 6) is -0.636. The normalized spacial score (nSPS) is 10.2. The molecule has 5 nitrogen and oxygen atoms in total. The number of carbonyl (C=O) groups is 1. The molecule has 0 aromatic carbocycles. The first-order valence-electron chi connectivity index (χ1n) is 3.90. The zero-order valence-corrected chi connectivity index (χ0v) is 7.24. The largest absolute Gasteiger partial charge is 0.478 e. The van der Waals surface area contributed by atoms with Crippen molar-refractivity contribution >= 4 is 5.97 Å². The Kier molecular flexibility index (Phi) is 3.48. The van der Waals surface area contributed by atoms with Gasteiger partial charge in [0.05, 0.1) is 19.4 Å². The van der Waals surface area contributed by atoms with Crippen LogP contribution in [0.15, 0.2) is 16.7 Å². The van der Waals surface area contributed by atoms with Crippen molar-refractivity contribution < 1.29 is 19.2 Å². The summed E-state index contributed by atoms with van der Waals surface area (Å²) < 4.78 is 4.95. The highest BCUT2D eigenvalue weighted by molar-refractivity contribution is 5.88. The van der Waals surface area contributed by atoms with E-state index >= 15 is 0 Å². The first-order valence-corrected chi connectivity index (χ1v) is 3.90. The number of nitrogens with one attached hydrogen (secondary N) is 1. The molecule has 0 amide bonds. The highest BCUT2D eigenvalue weighted by atomic mass is 16.6. The van der Waals surface area contributed by atoms with Gasteiger partial charge < -0.3 is 14.4 Å². The number of carboxylic acids is 1. The van der Waals surface area contributed by atoms with Gasteiger partial charge >= 0.3 is 5.97 Å². The zero-order chi connectivity index (χ0) is 9.68. The summed E-state index contributed by atoms with van der Waals surface area (Å²) in [5.41, 5.74) is 2.74. The SMILES string of the molecule is CCONCc1occc1C(=O)O. The second kappa shape index (κ2) is 4.64. The van der Waals surface area contributed by atoms with Crippen LogP contribution in [0.2, 0.25) is 0 Å². The number of aromatic carboxylic acids is 1. The van der Waals surface area contributed by atoms with Gasteiger partial charge in [0, 0.05) is 0 Å². The molecule has 1 heterocycles. The molecule has 13 heavy (non-hydrogen) atoms. The highest BCUT2D eigenvalue weighted by Crippen LogP contribution is 2.09. The number of carboxylic acid groups (broad SMARTS) is 1. The van der Waals surface area contributed by atoms with Crippen molar-refractivity contribution in [3.63, 3.8) is 0 Å². The summed E-state index contributed by atoms with van der Waals surface area (Å²) in [6, 6.07) is 1.41. The number of rotatable bonds is 5. The third-order valence-electron chi connectivity index (χ3n) is 1.45. The highest BCUT2D eigenvalue weighted by Gasteiger charge is 2.12. The van der Waals surface area contributed by atoms with E-state index in [1.54, 1.807) is 0 Å². The van der Waals surface area contributed by atoms with E-state index in [1.807, 2.05) is 6.92 Å². The van der Waals surface area contributed by atoms with Crippen LogP contribution < -0.4 is 5.48 Å². The van der Waals surface area contributed by atoms with E-state index in [0.717, 1.165) is 0 Å². The fraction of sp³-hybridized carbons (Fsp3) is 0.375. The second-order valence-electron chi connectivity index (χ2n) is 2.32. The molecule has 0 fully saturated rings. The molecular weight excluding hydrogens is 174 g/mol. The lowest BCUT2D eigenvalue weighted by molar-refractivity contribution is 0.0419. The van der Waals surface area contributed by atoms with Crippen LogP contribution in [-0.2, 0) is 11.4 Å². The van der Waals surface area contributed by atoms with E-state index in [4.69, 9.17) is 14.4 Å². The molecule has 1 rings (SSSR count). The summed E-state index contributed by atoms with van der Waals surface area (Å²) >= 11 is 0. The number of hydroxylamine groups is 1. The maximum Gasteiger partial charge on any atom is 0.339 e. The minimum Gasteiger partial charge on any atom is -0.478 e. The van der Waals surface area contributed by atoms with Gasteiger partial charge in [0.25, 0.3) is 0 Å². The molecule has 0 saturated carbocycles. The molecule has 0 bridgehead atoms. The van der Waals surface area contributed by atoms with Gasteiger partial charge in [0.2, 0.25) is 0 Å². The maximum atomic E-state index is 10.6. The number of hydrogen-bond donors (Lipinski definition) is 2. The molecule has 0 radical (unpaired) electrons. The summed E-state index contributed by atoms with van der Waals surface area (Å²) in [6.07, 6.45) is 1.34. The van der Waals surface area contributed by atoms with Crippen LogP contribution in [0.5, 0.6) is 0 Å². The summed E-state index contributed by atoms with van der Waals surface area (Å²) in [7, 11) is 0. The fourth-order valence-electron chi connectivity index (χ4n) is 0.887. The van der Waals surface area contributed by atoms with Gasteiger partial charge in [-0.25, -0.2) is 4.79 Å². The topological polar surface area (TPSA) is 71.7 Å².